The number of esters is 1. The summed E-state index contributed by atoms with van der Waals surface area (Å²) in [5.41, 5.74) is -0.637. The number of hydrogen-bond acceptors (Lipinski definition) is 3. The topological polar surface area (TPSA) is 55.4 Å². The molecule has 1 amide bonds. The lowest BCUT2D eigenvalue weighted by Crippen LogP contribution is -2.14. The molecule has 1 rings (SSSR count). The van der Waals surface area contributed by atoms with Gasteiger partial charge in [-0.05, 0) is 12.5 Å². The molecule has 1 N–H and O–H groups in total. The van der Waals surface area contributed by atoms with Crippen molar-refractivity contribution in [3.8, 4) is 0 Å². The smallest absolute Gasteiger partial charge is 0.340 e. The molecule has 0 radical (unpaired) electrons. The Balaban J connectivity index is 2.64. The van der Waals surface area contributed by atoms with Crippen LogP contribution in [0.15, 0.2) is 12.1 Å². The Labute approximate surface area is 128 Å². The first-order valence-corrected chi connectivity index (χ1v) is 7.36. The molecule has 1 aromatic carbocycles. The third kappa shape index (κ3) is 5.42. The molecule has 0 saturated heterocycles. The molecule has 0 unspecified atom stereocenters. The normalized spacial score (nSPS) is 10.4. The molecule has 1 aromatic rings. The molecular formula is C16H21F2NO3. The number of methoxy groups -OCH3 is 1. The Kier molecular flexibility index (Phi) is 7.49. The molecule has 0 heterocycles. The summed E-state index contributed by atoms with van der Waals surface area (Å²) in [6, 6.07) is 1.51. The zero-order chi connectivity index (χ0) is 16.5. The van der Waals surface area contributed by atoms with E-state index < -0.39 is 23.2 Å². The minimum Gasteiger partial charge on any atom is -0.465 e. The first kappa shape index (κ1) is 18.1. The van der Waals surface area contributed by atoms with Crippen LogP contribution in [-0.4, -0.2) is 19.0 Å². The second-order valence-electron chi connectivity index (χ2n) is 5.02. The van der Waals surface area contributed by atoms with Crippen molar-refractivity contribution in [2.45, 2.75) is 45.4 Å². The van der Waals surface area contributed by atoms with E-state index in [9.17, 15) is 18.4 Å². The molecule has 0 aliphatic carbocycles. The van der Waals surface area contributed by atoms with E-state index in [1.807, 2.05) is 0 Å². The van der Waals surface area contributed by atoms with Crippen molar-refractivity contribution in [2.75, 3.05) is 12.4 Å². The summed E-state index contributed by atoms with van der Waals surface area (Å²) in [5, 5.41) is 2.36. The fourth-order valence-corrected chi connectivity index (χ4v) is 2.01. The predicted octanol–water partition coefficient (Wildman–Crippen LogP) is 4.05. The van der Waals surface area contributed by atoms with Crippen molar-refractivity contribution in [3.05, 3.63) is 29.3 Å². The molecule has 6 heteroatoms. The van der Waals surface area contributed by atoms with Crippen molar-refractivity contribution in [2.24, 2.45) is 0 Å². The van der Waals surface area contributed by atoms with E-state index in [1.54, 1.807) is 0 Å². The van der Waals surface area contributed by atoms with Crippen molar-refractivity contribution < 1.29 is 23.1 Å². The van der Waals surface area contributed by atoms with Gasteiger partial charge in [-0.15, -0.1) is 0 Å². The summed E-state index contributed by atoms with van der Waals surface area (Å²) in [7, 11) is 1.10. The molecular weight excluding hydrogens is 292 g/mol. The standard InChI is InChI=1S/C16H21F2NO3/c1-3-4-5-6-7-8-15(20)19-14-9-11(16(21)22-2)12(17)10-13(14)18/h9-10H,3-8H2,1-2H3,(H,19,20). The van der Waals surface area contributed by atoms with Crippen molar-refractivity contribution >= 4 is 17.6 Å². The van der Waals surface area contributed by atoms with Crippen LogP contribution in [0.3, 0.4) is 0 Å². The highest BCUT2D eigenvalue weighted by atomic mass is 19.1. The summed E-state index contributed by atoms with van der Waals surface area (Å²) in [5.74, 6) is -3.24. The van der Waals surface area contributed by atoms with E-state index in [4.69, 9.17) is 0 Å². The fraction of sp³-hybridized carbons (Fsp3) is 0.500. The number of rotatable bonds is 8. The van der Waals surface area contributed by atoms with E-state index in [0.717, 1.165) is 38.9 Å². The van der Waals surface area contributed by atoms with E-state index in [1.165, 1.54) is 0 Å². The average Bonchev–Trinajstić information content (AvgIpc) is 2.49. The van der Waals surface area contributed by atoms with Crippen LogP contribution in [0.1, 0.15) is 55.8 Å². The van der Waals surface area contributed by atoms with Gasteiger partial charge in [-0.1, -0.05) is 32.6 Å². The summed E-state index contributed by atoms with van der Waals surface area (Å²) < 4.78 is 31.5. The van der Waals surface area contributed by atoms with E-state index in [0.29, 0.717) is 12.5 Å². The SMILES string of the molecule is CCCCCCCC(=O)Nc1cc(C(=O)OC)c(F)cc1F. The molecule has 0 aliphatic heterocycles. The molecule has 0 aliphatic rings. The zero-order valence-electron chi connectivity index (χ0n) is 12.9. The van der Waals surface area contributed by atoms with Crippen LogP contribution in [0, 0.1) is 11.6 Å². The molecule has 0 saturated carbocycles. The van der Waals surface area contributed by atoms with E-state index >= 15 is 0 Å². The molecule has 0 aromatic heterocycles. The lowest BCUT2D eigenvalue weighted by atomic mass is 10.1. The Morgan fingerprint density at radius 2 is 1.77 bits per heavy atom. The van der Waals surface area contributed by atoms with Gasteiger partial charge in [0.2, 0.25) is 5.91 Å². The van der Waals surface area contributed by atoms with Gasteiger partial charge in [-0.25, -0.2) is 13.6 Å². The second kappa shape index (κ2) is 9.12. The van der Waals surface area contributed by atoms with Crippen LogP contribution in [0.5, 0.6) is 0 Å². The number of unbranched alkanes of at least 4 members (excludes halogenated alkanes) is 4. The molecule has 0 fully saturated rings. The quantitative estimate of drug-likeness (QED) is 0.582. The van der Waals surface area contributed by atoms with Crippen LogP contribution in [0.2, 0.25) is 0 Å². The van der Waals surface area contributed by atoms with Crippen LogP contribution in [0.4, 0.5) is 14.5 Å². The van der Waals surface area contributed by atoms with E-state index in [2.05, 4.69) is 17.0 Å². The number of hydrogen-bond donors (Lipinski definition) is 1. The predicted molar refractivity (Wildman–Crippen MR) is 79.7 cm³/mol. The van der Waals surface area contributed by atoms with Gasteiger partial charge in [-0.3, -0.25) is 4.79 Å². The fourth-order valence-electron chi connectivity index (χ4n) is 2.01. The van der Waals surface area contributed by atoms with Gasteiger partial charge in [0.25, 0.3) is 0 Å². The monoisotopic (exact) mass is 313 g/mol. The van der Waals surface area contributed by atoms with Gasteiger partial charge in [0.05, 0.1) is 18.4 Å². The third-order valence-electron chi connectivity index (χ3n) is 3.24. The second-order valence-corrected chi connectivity index (χ2v) is 5.02. The third-order valence-corrected chi connectivity index (χ3v) is 3.24. The zero-order valence-corrected chi connectivity index (χ0v) is 12.9. The highest BCUT2D eigenvalue weighted by Crippen LogP contribution is 2.20. The van der Waals surface area contributed by atoms with Crippen LogP contribution < -0.4 is 5.32 Å². The first-order valence-electron chi connectivity index (χ1n) is 7.36. The summed E-state index contributed by atoms with van der Waals surface area (Å²) in [4.78, 5) is 23.1. The number of halogens is 2. The number of benzene rings is 1. The van der Waals surface area contributed by atoms with Gasteiger partial charge in [0, 0.05) is 12.5 Å². The summed E-state index contributed by atoms with van der Waals surface area (Å²) in [6.45, 7) is 2.10. The van der Waals surface area contributed by atoms with E-state index in [-0.39, 0.29) is 18.0 Å². The minimum absolute atomic E-state index is 0.222. The van der Waals surface area contributed by atoms with Gasteiger partial charge in [-0.2, -0.15) is 0 Å². The maximum absolute atomic E-state index is 13.6. The highest BCUT2D eigenvalue weighted by molar-refractivity contribution is 5.94. The maximum Gasteiger partial charge on any atom is 0.340 e. The molecule has 0 spiro atoms. The average molecular weight is 313 g/mol. The number of ether oxygens (including phenoxy) is 1. The largest absolute Gasteiger partial charge is 0.465 e. The highest BCUT2D eigenvalue weighted by Gasteiger charge is 2.17. The first-order chi connectivity index (χ1) is 10.5. The lowest BCUT2D eigenvalue weighted by molar-refractivity contribution is -0.116. The maximum atomic E-state index is 13.6. The van der Waals surface area contributed by atoms with Crippen molar-refractivity contribution in [1.82, 2.24) is 0 Å². The Morgan fingerprint density at radius 3 is 2.41 bits per heavy atom. The number of amides is 1. The number of carbonyl (C=O) groups excluding carboxylic acids is 2. The molecule has 122 valence electrons. The molecule has 22 heavy (non-hydrogen) atoms. The molecule has 0 bridgehead atoms. The summed E-state index contributed by atoms with van der Waals surface area (Å²) in [6.07, 6.45) is 5.19. The number of carbonyl (C=O) groups is 2. The number of anilines is 1. The van der Waals surface area contributed by atoms with Crippen molar-refractivity contribution in [3.63, 3.8) is 0 Å². The van der Waals surface area contributed by atoms with Crippen LogP contribution in [0.25, 0.3) is 0 Å². The Morgan fingerprint density at radius 1 is 1.09 bits per heavy atom. The van der Waals surface area contributed by atoms with Gasteiger partial charge >= 0.3 is 5.97 Å². The van der Waals surface area contributed by atoms with Gasteiger partial charge in [0.15, 0.2) is 0 Å². The Hall–Kier alpha value is -1.98. The van der Waals surface area contributed by atoms with Crippen LogP contribution in [-0.2, 0) is 9.53 Å². The van der Waals surface area contributed by atoms with Crippen LogP contribution >= 0.6 is 0 Å². The minimum atomic E-state index is -1.03. The molecule has 4 nitrogen and oxygen atoms in total. The van der Waals surface area contributed by atoms with Gasteiger partial charge in [0.1, 0.15) is 11.6 Å². The lowest BCUT2D eigenvalue weighted by Gasteiger charge is -2.09. The number of nitrogens with one attached hydrogen (secondary N) is 1. The summed E-state index contributed by atoms with van der Waals surface area (Å²) >= 11 is 0. The Bertz CT molecular complexity index is 532. The molecule has 0 atom stereocenters. The van der Waals surface area contributed by atoms with Crippen molar-refractivity contribution in [1.29, 1.82) is 0 Å². The van der Waals surface area contributed by atoms with Gasteiger partial charge < -0.3 is 10.1 Å².